The minimum absolute atomic E-state index is 0.233. The third-order valence-corrected chi connectivity index (χ3v) is 2.67. The molecule has 1 N–H and O–H groups in total. The first kappa shape index (κ1) is 15.3. The van der Waals surface area contributed by atoms with Crippen molar-refractivity contribution in [3.05, 3.63) is 28.8 Å². The van der Waals surface area contributed by atoms with Crippen LogP contribution in [0.1, 0.15) is 30.6 Å². The first-order valence-corrected chi connectivity index (χ1v) is 6.56. The van der Waals surface area contributed by atoms with Crippen LogP contribution in [0, 0.1) is 17.2 Å². The number of amides is 1. The number of carbonyl (C=O) groups is 1. The van der Waals surface area contributed by atoms with E-state index < -0.39 is 0 Å². The Balaban J connectivity index is 2.81. The molecule has 1 unspecified atom stereocenters. The van der Waals surface area contributed by atoms with Crippen molar-refractivity contribution in [2.75, 3.05) is 13.2 Å². The van der Waals surface area contributed by atoms with Crippen molar-refractivity contribution in [2.45, 2.75) is 20.3 Å². The number of rotatable bonds is 6. The summed E-state index contributed by atoms with van der Waals surface area (Å²) in [6.07, 6.45) is 0.856. The fourth-order valence-corrected chi connectivity index (χ4v) is 1.58. The minimum atomic E-state index is -0.282. The number of ether oxygens (including phenoxy) is 1. The smallest absolute Gasteiger partial charge is 0.255 e. The summed E-state index contributed by atoms with van der Waals surface area (Å²) in [6.45, 7) is 4.57. The predicted molar refractivity (Wildman–Crippen MR) is 74.3 cm³/mol. The highest BCUT2D eigenvalue weighted by Crippen LogP contribution is 2.23. The van der Waals surface area contributed by atoms with Crippen LogP contribution in [0.5, 0.6) is 5.75 Å². The molecule has 0 radical (unpaired) electrons. The third-order valence-electron chi connectivity index (χ3n) is 2.44. The van der Waals surface area contributed by atoms with Crippen molar-refractivity contribution in [1.82, 2.24) is 5.32 Å². The molecule has 0 saturated carbocycles. The normalized spacial score (nSPS) is 11.5. The van der Waals surface area contributed by atoms with Crippen LogP contribution >= 0.6 is 11.6 Å². The number of hydrogen-bond donors (Lipinski definition) is 1. The number of carbonyl (C=O) groups excluding carboxylic acids is 1. The summed E-state index contributed by atoms with van der Waals surface area (Å²) in [4.78, 5) is 12.0. The van der Waals surface area contributed by atoms with Gasteiger partial charge in [-0.2, -0.15) is 5.26 Å². The quantitative estimate of drug-likeness (QED) is 0.871. The van der Waals surface area contributed by atoms with Gasteiger partial charge in [0.1, 0.15) is 5.75 Å². The highest BCUT2D eigenvalue weighted by Gasteiger charge is 2.14. The topological polar surface area (TPSA) is 62.1 Å². The van der Waals surface area contributed by atoms with Gasteiger partial charge in [0.2, 0.25) is 0 Å². The molecule has 1 rings (SSSR count). The molecule has 0 saturated heterocycles. The van der Waals surface area contributed by atoms with Crippen LogP contribution in [0.25, 0.3) is 0 Å². The Morgan fingerprint density at radius 3 is 2.95 bits per heavy atom. The van der Waals surface area contributed by atoms with E-state index in [1.807, 2.05) is 6.92 Å². The second kappa shape index (κ2) is 7.65. The van der Waals surface area contributed by atoms with Gasteiger partial charge in [-0.1, -0.05) is 18.5 Å². The van der Waals surface area contributed by atoms with Crippen molar-refractivity contribution in [3.8, 4) is 11.8 Å². The molecule has 0 aromatic heterocycles. The maximum absolute atomic E-state index is 12.0. The van der Waals surface area contributed by atoms with Gasteiger partial charge >= 0.3 is 0 Å². The largest absolute Gasteiger partial charge is 0.493 e. The van der Waals surface area contributed by atoms with Gasteiger partial charge < -0.3 is 10.1 Å². The van der Waals surface area contributed by atoms with Crippen LogP contribution in [-0.2, 0) is 0 Å². The van der Waals surface area contributed by atoms with E-state index in [2.05, 4.69) is 11.4 Å². The number of nitriles is 1. The van der Waals surface area contributed by atoms with E-state index in [9.17, 15) is 4.79 Å². The monoisotopic (exact) mass is 280 g/mol. The molecule has 1 atom stereocenters. The fraction of sp³-hybridized carbons (Fsp3) is 0.429. The van der Waals surface area contributed by atoms with Crippen LogP contribution in [0.15, 0.2) is 18.2 Å². The second-order valence-corrected chi connectivity index (χ2v) is 4.67. The molecule has 1 aromatic carbocycles. The van der Waals surface area contributed by atoms with E-state index in [0.717, 1.165) is 6.42 Å². The van der Waals surface area contributed by atoms with Crippen molar-refractivity contribution in [3.63, 3.8) is 0 Å². The SMILES string of the molecule is CCCOc1ccc(Cl)cc1C(=O)NCC(C)C#N. The van der Waals surface area contributed by atoms with Crippen LogP contribution in [0.3, 0.4) is 0 Å². The third kappa shape index (κ3) is 4.80. The molecule has 1 amide bonds. The van der Waals surface area contributed by atoms with Gasteiger partial charge in [-0.15, -0.1) is 0 Å². The lowest BCUT2D eigenvalue weighted by molar-refractivity contribution is 0.0946. The molecule has 0 aliphatic carbocycles. The first-order valence-electron chi connectivity index (χ1n) is 6.18. The Labute approximate surface area is 118 Å². The molecule has 0 aliphatic heterocycles. The number of nitrogens with zero attached hydrogens (tertiary/aromatic N) is 1. The van der Waals surface area contributed by atoms with Crippen molar-refractivity contribution in [2.24, 2.45) is 5.92 Å². The van der Waals surface area contributed by atoms with Gasteiger partial charge in [0.25, 0.3) is 5.91 Å². The van der Waals surface area contributed by atoms with Gasteiger partial charge in [0.05, 0.1) is 24.2 Å². The lowest BCUT2D eigenvalue weighted by atomic mass is 10.1. The average Bonchev–Trinajstić information content (AvgIpc) is 2.42. The summed E-state index contributed by atoms with van der Waals surface area (Å²) in [5.41, 5.74) is 0.395. The van der Waals surface area contributed by atoms with Crippen molar-refractivity contribution >= 4 is 17.5 Å². The van der Waals surface area contributed by atoms with Crippen LogP contribution in [0.4, 0.5) is 0 Å². The van der Waals surface area contributed by atoms with E-state index in [0.29, 0.717) is 29.5 Å². The number of hydrogen-bond acceptors (Lipinski definition) is 3. The second-order valence-electron chi connectivity index (χ2n) is 4.23. The molecule has 4 nitrogen and oxygen atoms in total. The maximum Gasteiger partial charge on any atom is 0.255 e. The number of benzene rings is 1. The zero-order valence-electron chi connectivity index (χ0n) is 11.1. The summed E-state index contributed by atoms with van der Waals surface area (Å²) in [7, 11) is 0. The van der Waals surface area contributed by atoms with E-state index in [1.54, 1.807) is 25.1 Å². The zero-order chi connectivity index (χ0) is 14.3. The molecule has 0 bridgehead atoms. The molecule has 19 heavy (non-hydrogen) atoms. The lowest BCUT2D eigenvalue weighted by Gasteiger charge is -2.12. The predicted octanol–water partition coefficient (Wildman–Crippen LogP) is 3.02. The molecule has 0 fully saturated rings. The van der Waals surface area contributed by atoms with Gasteiger partial charge in [-0.3, -0.25) is 4.79 Å². The van der Waals surface area contributed by atoms with Crippen LogP contribution in [0.2, 0.25) is 5.02 Å². The van der Waals surface area contributed by atoms with Crippen LogP contribution in [-0.4, -0.2) is 19.1 Å². The molecule has 102 valence electrons. The van der Waals surface area contributed by atoms with Gasteiger partial charge in [-0.05, 0) is 31.5 Å². The Bertz CT molecular complexity index is 483. The van der Waals surface area contributed by atoms with E-state index in [4.69, 9.17) is 21.6 Å². The summed E-state index contributed by atoms with van der Waals surface area (Å²) in [6, 6.07) is 6.99. The number of nitrogens with one attached hydrogen (secondary N) is 1. The van der Waals surface area contributed by atoms with E-state index in [1.165, 1.54) is 0 Å². The average molecular weight is 281 g/mol. The van der Waals surface area contributed by atoms with Gasteiger partial charge in [0, 0.05) is 11.6 Å². The highest BCUT2D eigenvalue weighted by atomic mass is 35.5. The van der Waals surface area contributed by atoms with Gasteiger partial charge in [-0.25, -0.2) is 0 Å². The zero-order valence-corrected chi connectivity index (χ0v) is 11.8. The summed E-state index contributed by atoms with van der Waals surface area (Å²) >= 11 is 5.90. The number of halogens is 1. The Kier molecular flexibility index (Phi) is 6.17. The van der Waals surface area contributed by atoms with Gasteiger partial charge in [0.15, 0.2) is 0 Å². The molecular formula is C14H17ClN2O2. The Morgan fingerprint density at radius 2 is 2.32 bits per heavy atom. The summed E-state index contributed by atoms with van der Waals surface area (Å²) < 4.78 is 5.51. The summed E-state index contributed by atoms with van der Waals surface area (Å²) in [5.74, 6) is -0.00721. The van der Waals surface area contributed by atoms with Crippen molar-refractivity contribution in [1.29, 1.82) is 5.26 Å². The Hall–Kier alpha value is -1.73. The van der Waals surface area contributed by atoms with Crippen LogP contribution < -0.4 is 10.1 Å². The molecule has 0 aliphatic rings. The fourth-order valence-electron chi connectivity index (χ4n) is 1.40. The standard InChI is InChI=1S/C14H17ClN2O2/c1-3-6-19-13-5-4-11(15)7-12(13)14(18)17-9-10(2)8-16/h4-5,7,10H,3,6,9H2,1-2H3,(H,17,18). The molecule has 1 aromatic rings. The van der Waals surface area contributed by atoms with Crippen molar-refractivity contribution < 1.29 is 9.53 Å². The lowest BCUT2D eigenvalue weighted by Crippen LogP contribution is -2.28. The summed E-state index contributed by atoms with van der Waals surface area (Å²) in [5, 5.41) is 11.9. The molecular weight excluding hydrogens is 264 g/mol. The first-order chi connectivity index (χ1) is 9.08. The molecule has 0 spiro atoms. The maximum atomic E-state index is 12.0. The Morgan fingerprint density at radius 1 is 1.58 bits per heavy atom. The van der Waals surface area contributed by atoms with E-state index >= 15 is 0 Å². The molecule has 5 heteroatoms. The van der Waals surface area contributed by atoms with E-state index in [-0.39, 0.29) is 11.8 Å². The molecule has 0 heterocycles. The minimum Gasteiger partial charge on any atom is -0.493 e. The highest BCUT2D eigenvalue weighted by molar-refractivity contribution is 6.31.